The van der Waals surface area contributed by atoms with Crippen LogP contribution in [0.25, 0.3) is 0 Å². The number of benzene rings is 1. The van der Waals surface area contributed by atoms with Crippen LogP contribution < -0.4 is 14.8 Å². The molecular formula is C27H34BrNO5. The van der Waals surface area contributed by atoms with Gasteiger partial charge in [-0.1, -0.05) is 36.2 Å². The summed E-state index contributed by atoms with van der Waals surface area (Å²) in [5, 5.41) is 3.41. The van der Waals surface area contributed by atoms with E-state index in [1.807, 2.05) is 19.1 Å². The number of dihydropyridines is 1. The Kier molecular flexibility index (Phi) is 7.13. The highest BCUT2D eigenvalue weighted by atomic mass is 79.9. The van der Waals surface area contributed by atoms with Gasteiger partial charge in [-0.15, -0.1) is 0 Å². The normalized spacial score (nSPS) is 22.8. The lowest BCUT2D eigenvalue weighted by Crippen LogP contribution is -2.39. The molecule has 0 spiro atoms. The van der Waals surface area contributed by atoms with E-state index in [-0.39, 0.29) is 23.3 Å². The summed E-state index contributed by atoms with van der Waals surface area (Å²) in [5.74, 6) is 0.269. The topological polar surface area (TPSA) is 73.9 Å². The molecule has 34 heavy (non-hydrogen) atoms. The maximum absolute atomic E-state index is 13.6. The fourth-order valence-corrected chi connectivity index (χ4v) is 6.06. The highest BCUT2D eigenvalue weighted by Gasteiger charge is 2.44. The van der Waals surface area contributed by atoms with E-state index in [1.165, 1.54) is 6.42 Å². The van der Waals surface area contributed by atoms with Crippen molar-refractivity contribution >= 4 is 27.7 Å². The zero-order valence-corrected chi connectivity index (χ0v) is 22.3. The molecule has 6 nitrogen and oxygen atoms in total. The first-order valence-electron chi connectivity index (χ1n) is 12.0. The molecule has 0 saturated heterocycles. The third kappa shape index (κ3) is 4.77. The first kappa shape index (κ1) is 24.8. The molecule has 3 aliphatic rings. The lowest BCUT2D eigenvalue weighted by molar-refractivity contribution is -0.146. The molecule has 1 atom stereocenters. The molecule has 184 valence electrons. The van der Waals surface area contributed by atoms with Gasteiger partial charge >= 0.3 is 5.97 Å². The van der Waals surface area contributed by atoms with Crippen molar-refractivity contribution in [2.24, 2.45) is 5.41 Å². The van der Waals surface area contributed by atoms with E-state index in [0.29, 0.717) is 29.1 Å². The lowest BCUT2D eigenvalue weighted by atomic mass is 9.68. The maximum atomic E-state index is 13.6. The Balaban J connectivity index is 1.84. The van der Waals surface area contributed by atoms with Gasteiger partial charge in [-0.05, 0) is 62.1 Å². The molecule has 0 aromatic heterocycles. The first-order valence-corrected chi connectivity index (χ1v) is 12.8. The van der Waals surface area contributed by atoms with Crippen LogP contribution in [0.5, 0.6) is 11.5 Å². The Labute approximate surface area is 210 Å². The summed E-state index contributed by atoms with van der Waals surface area (Å²) < 4.78 is 17.8. The molecule has 0 amide bonds. The van der Waals surface area contributed by atoms with Gasteiger partial charge in [0.25, 0.3) is 0 Å². The van der Waals surface area contributed by atoms with Gasteiger partial charge < -0.3 is 19.5 Å². The molecule has 7 heteroatoms. The predicted octanol–water partition coefficient (Wildman–Crippen LogP) is 5.95. The van der Waals surface area contributed by atoms with Crippen LogP contribution in [-0.4, -0.2) is 32.1 Å². The molecule has 1 N–H and O–H groups in total. The number of halogens is 1. The Hall–Kier alpha value is -2.28. The van der Waals surface area contributed by atoms with Crippen LogP contribution in [0.4, 0.5) is 0 Å². The number of nitrogens with one attached hydrogen (secondary N) is 1. The number of methoxy groups -OCH3 is 2. The number of hydrogen-bond donors (Lipinski definition) is 1. The number of carbonyl (C=O) groups is 2. The second-order valence-corrected chi connectivity index (χ2v) is 11.2. The summed E-state index contributed by atoms with van der Waals surface area (Å²) in [5.41, 5.74) is 3.40. The van der Waals surface area contributed by atoms with Gasteiger partial charge in [-0.25, -0.2) is 4.79 Å². The van der Waals surface area contributed by atoms with Gasteiger partial charge in [0, 0.05) is 33.8 Å². The molecular weight excluding hydrogens is 498 g/mol. The van der Waals surface area contributed by atoms with E-state index < -0.39 is 5.92 Å². The van der Waals surface area contributed by atoms with Crippen LogP contribution in [0.2, 0.25) is 0 Å². The molecule has 0 bridgehead atoms. The Morgan fingerprint density at radius 2 is 1.71 bits per heavy atom. The SMILES string of the molecule is COc1cc(Br)c(C2C(C(=O)OC3CCCCC3)=C(C)NC3=C2C(=O)CC(C)(C)C3)cc1OC. The molecule has 0 radical (unpaired) electrons. The second kappa shape index (κ2) is 9.76. The van der Waals surface area contributed by atoms with Crippen molar-refractivity contribution in [3.8, 4) is 11.5 Å². The number of ether oxygens (including phenoxy) is 3. The van der Waals surface area contributed by atoms with Crippen molar-refractivity contribution < 1.29 is 23.8 Å². The number of allylic oxidation sites excluding steroid dienone is 3. The Bertz CT molecular complexity index is 1070. The summed E-state index contributed by atoms with van der Waals surface area (Å²) in [4.78, 5) is 27.2. The van der Waals surface area contributed by atoms with Crippen LogP contribution >= 0.6 is 15.9 Å². The maximum Gasteiger partial charge on any atom is 0.337 e. The van der Waals surface area contributed by atoms with Crippen molar-refractivity contribution in [1.82, 2.24) is 5.32 Å². The van der Waals surface area contributed by atoms with Crippen LogP contribution in [0.3, 0.4) is 0 Å². The molecule has 1 unspecified atom stereocenters. The van der Waals surface area contributed by atoms with E-state index in [9.17, 15) is 9.59 Å². The first-order chi connectivity index (χ1) is 16.1. The van der Waals surface area contributed by atoms with E-state index in [2.05, 4.69) is 35.1 Å². The highest BCUT2D eigenvalue weighted by molar-refractivity contribution is 9.10. The fourth-order valence-electron chi connectivity index (χ4n) is 5.51. The van der Waals surface area contributed by atoms with Gasteiger partial charge in [0.1, 0.15) is 6.10 Å². The second-order valence-electron chi connectivity index (χ2n) is 10.3. The van der Waals surface area contributed by atoms with E-state index >= 15 is 0 Å². The lowest BCUT2D eigenvalue weighted by Gasteiger charge is -2.40. The molecule has 4 rings (SSSR count). The molecule has 1 heterocycles. The molecule has 1 fully saturated rings. The largest absolute Gasteiger partial charge is 0.493 e. The number of ketones is 1. The smallest absolute Gasteiger partial charge is 0.337 e. The Morgan fingerprint density at radius 3 is 2.35 bits per heavy atom. The van der Waals surface area contributed by atoms with Gasteiger partial charge in [0.2, 0.25) is 0 Å². The van der Waals surface area contributed by atoms with E-state index in [1.54, 1.807) is 14.2 Å². The molecule has 1 aliphatic heterocycles. The van der Waals surface area contributed by atoms with Crippen molar-refractivity contribution in [2.75, 3.05) is 14.2 Å². The third-order valence-electron chi connectivity index (χ3n) is 7.10. The Morgan fingerprint density at radius 1 is 1.06 bits per heavy atom. The molecule has 2 aliphatic carbocycles. The minimum absolute atomic E-state index is 0.0564. The number of Topliss-reactive ketones (excluding diaryl/α,β-unsaturated/α-hetero) is 1. The summed E-state index contributed by atoms with van der Waals surface area (Å²) in [6.45, 7) is 6.10. The quantitative estimate of drug-likeness (QED) is 0.473. The number of rotatable bonds is 5. The van der Waals surface area contributed by atoms with Gasteiger partial charge in [-0.3, -0.25) is 4.79 Å². The summed E-state index contributed by atoms with van der Waals surface area (Å²) in [6.07, 6.45) is 6.18. The summed E-state index contributed by atoms with van der Waals surface area (Å²) >= 11 is 3.68. The number of carbonyl (C=O) groups excluding carboxylic acids is 2. The minimum atomic E-state index is -0.551. The van der Waals surface area contributed by atoms with E-state index in [4.69, 9.17) is 14.2 Å². The van der Waals surface area contributed by atoms with Crippen molar-refractivity contribution in [1.29, 1.82) is 0 Å². The highest BCUT2D eigenvalue weighted by Crippen LogP contribution is 2.50. The van der Waals surface area contributed by atoms with Gasteiger partial charge in [0.05, 0.1) is 19.8 Å². The summed E-state index contributed by atoms with van der Waals surface area (Å²) in [7, 11) is 3.16. The predicted molar refractivity (Wildman–Crippen MR) is 134 cm³/mol. The zero-order valence-electron chi connectivity index (χ0n) is 20.7. The van der Waals surface area contributed by atoms with Crippen LogP contribution in [0.15, 0.2) is 39.1 Å². The van der Waals surface area contributed by atoms with Crippen molar-refractivity contribution in [3.63, 3.8) is 0 Å². The average Bonchev–Trinajstić information content (AvgIpc) is 2.77. The zero-order chi connectivity index (χ0) is 24.6. The fraction of sp³-hybridized carbons (Fsp3) is 0.556. The minimum Gasteiger partial charge on any atom is -0.493 e. The van der Waals surface area contributed by atoms with E-state index in [0.717, 1.165) is 53.5 Å². The monoisotopic (exact) mass is 531 g/mol. The van der Waals surface area contributed by atoms with Crippen molar-refractivity contribution in [3.05, 3.63) is 44.7 Å². The average molecular weight is 532 g/mol. The number of hydrogen-bond acceptors (Lipinski definition) is 6. The van der Waals surface area contributed by atoms with Crippen molar-refractivity contribution in [2.45, 2.75) is 77.7 Å². The van der Waals surface area contributed by atoms with Gasteiger partial charge in [0.15, 0.2) is 17.3 Å². The van der Waals surface area contributed by atoms with Gasteiger partial charge in [-0.2, -0.15) is 0 Å². The third-order valence-corrected chi connectivity index (χ3v) is 7.79. The molecule has 1 saturated carbocycles. The standard InChI is InChI=1S/C27H34BrNO5/c1-15-23(26(31)34-16-9-7-6-8-10-16)24(17-11-21(32-4)22(33-5)12-18(17)28)25-19(29-15)13-27(2,3)14-20(25)30/h11-12,16,24,29H,6-10,13-14H2,1-5H3. The van der Waals surface area contributed by atoms with Crippen LogP contribution in [0, 0.1) is 5.41 Å². The summed E-state index contributed by atoms with van der Waals surface area (Å²) in [6, 6.07) is 3.69. The van der Waals surface area contributed by atoms with Crippen LogP contribution in [0.1, 0.15) is 77.2 Å². The number of esters is 1. The molecule has 1 aromatic rings. The van der Waals surface area contributed by atoms with Crippen LogP contribution in [-0.2, 0) is 14.3 Å². The molecule has 1 aromatic carbocycles.